The second-order valence-electron chi connectivity index (χ2n) is 7.18. The Kier molecular flexibility index (Phi) is 9.40. The Balaban J connectivity index is 2.47. The van der Waals surface area contributed by atoms with Gasteiger partial charge in [-0.15, -0.1) is 0 Å². The van der Waals surface area contributed by atoms with Gasteiger partial charge < -0.3 is 30.5 Å². The fraction of sp³-hybridized carbons (Fsp3) is 0.174. The van der Waals surface area contributed by atoms with E-state index in [0.29, 0.717) is 6.41 Å². The molecule has 3 amide bonds. The Morgan fingerprint density at radius 1 is 0.919 bits per heavy atom. The molecule has 5 N–H and O–H groups in total. The highest BCUT2D eigenvalue weighted by Crippen LogP contribution is 2.35. The molecule has 0 saturated carbocycles. The number of nitrogens with one attached hydrogen (secondary N) is 4. The first-order chi connectivity index (χ1) is 17.5. The summed E-state index contributed by atoms with van der Waals surface area (Å²) in [5, 5.41) is 20.3. The largest absolute Gasteiger partial charge is 0.494 e. The topological polar surface area (TPSA) is 202 Å². The highest BCUT2D eigenvalue weighted by atomic mass is 16.5. The number of esters is 1. The summed E-state index contributed by atoms with van der Waals surface area (Å²) < 4.78 is 9.88. The molecule has 14 nitrogen and oxygen atoms in total. The Labute approximate surface area is 210 Å². The molecule has 0 bridgehead atoms. The van der Waals surface area contributed by atoms with Crippen molar-refractivity contribution in [1.29, 1.82) is 0 Å². The normalized spacial score (nSPS) is 10.5. The monoisotopic (exact) mass is 513 g/mol. The van der Waals surface area contributed by atoms with Gasteiger partial charge in [-0.3, -0.25) is 24.6 Å². The number of carbonyl (C=O) groups is 6. The van der Waals surface area contributed by atoms with Crippen molar-refractivity contribution >= 4 is 64.4 Å². The van der Waals surface area contributed by atoms with Gasteiger partial charge in [0.2, 0.25) is 12.3 Å². The number of carboxylic acid groups (broad SMARTS) is 1. The molecule has 2 aromatic rings. The lowest BCUT2D eigenvalue weighted by Gasteiger charge is -2.16. The summed E-state index contributed by atoms with van der Waals surface area (Å²) in [6, 6.07) is 6.06. The summed E-state index contributed by atoms with van der Waals surface area (Å²) in [7, 11) is 2.41. The summed E-state index contributed by atoms with van der Waals surface area (Å²) in [5.74, 6) is -4.27. The molecule has 0 saturated heterocycles. The van der Waals surface area contributed by atoms with Crippen molar-refractivity contribution in [2.45, 2.75) is 13.8 Å². The van der Waals surface area contributed by atoms with Gasteiger partial charge in [0.1, 0.15) is 5.75 Å². The number of ether oxygens (including phenoxy) is 2. The molecule has 0 spiro atoms. The van der Waals surface area contributed by atoms with E-state index in [4.69, 9.17) is 4.74 Å². The fourth-order valence-electron chi connectivity index (χ4n) is 2.97. The molecule has 0 heterocycles. The smallest absolute Gasteiger partial charge is 0.340 e. The molecule has 14 heteroatoms. The number of methoxy groups -OCH3 is 2. The highest BCUT2D eigenvalue weighted by Gasteiger charge is 2.22. The van der Waals surface area contributed by atoms with E-state index in [1.807, 2.05) is 0 Å². The van der Waals surface area contributed by atoms with E-state index in [-0.39, 0.29) is 39.6 Å². The second kappa shape index (κ2) is 12.4. The van der Waals surface area contributed by atoms with Crippen molar-refractivity contribution in [2.24, 2.45) is 5.10 Å². The number of nitrogens with zero attached hydrogens (tertiary/aromatic N) is 1. The maximum Gasteiger partial charge on any atom is 0.340 e. The van der Waals surface area contributed by atoms with Gasteiger partial charge in [0.25, 0.3) is 5.91 Å². The standard InChI is InChI=1S/C23H23N5O9/c1-11(30)20(28-27-15-7-13(22(33)34)5-6-14(15)23(35)37-4)21(32)26-18-8-17(25-12(2)31)16(24-10-29)9-19(18)36-3/h5-10,27H,1-4H3,(H,24,29)(H,25,31)(H,26,32)(H,33,34)/b28-20-. The Bertz CT molecular complexity index is 1300. The summed E-state index contributed by atoms with van der Waals surface area (Å²) >= 11 is 0. The molecule has 0 atom stereocenters. The van der Waals surface area contributed by atoms with Crippen molar-refractivity contribution in [3.63, 3.8) is 0 Å². The number of Topliss-reactive ketones (excluding diaryl/α,β-unsaturated/α-hetero) is 1. The fourth-order valence-corrected chi connectivity index (χ4v) is 2.97. The number of rotatable bonds is 11. The average molecular weight is 513 g/mol. The van der Waals surface area contributed by atoms with Crippen molar-refractivity contribution in [1.82, 2.24) is 0 Å². The van der Waals surface area contributed by atoms with Crippen molar-refractivity contribution in [3.8, 4) is 5.75 Å². The van der Waals surface area contributed by atoms with Crippen LogP contribution in [0.3, 0.4) is 0 Å². The maximum atomic E-state index is 12.9. The number of carboxylic acids is 1. The zero-order chi connectivity index (χ0) is 27.7. The molecule has 0 radical (unpaired) electrons. The van der Waals surface area contributed by atoms with Crippen LogP contribution in [0, 0.1) is 0 Å². The predicted molar refractivity (Wildman–Crippen MR) is 132 cm³/mol. The van der Waals surface area contributed by atoms with Gasteiger partial charge in [-0.25, -0.2) is 9.59 Å². The lowest BCUT2D eigenvalue weighted by atomic mass is 10.1. The van der Waals surface area contributed by atoms with E-state index >= 15 is 0 Å². The van der Waals surface area contributed by atoms with E-state index in [1.165, 1.54) is 38.3 Å². The van der Waals surface area contributed by atoms with E-state index in [2.05, 4.69) is 31.2 Å². The van der Waals surface area contributed by atoms with Crippen LogP contribution in [0.1, 0.15) is 34.6 Å². The average Bonchev–Trinajstić information content (AvgIpc) is 2.84. The van der Waals surface area contributed by atoms with Gasteiger partial charge in [0.05, 0.1) is 48.1 Å². The van der Waals surface area contributed by atoms with Crippen LogP contribution in [-0.2, 0) is 23.9 Å². The van der Waals surface area contributed by atoms with Crippen LogP contribution in [0.25, 0.3) is 0 Å². The Morgan fingerprint density at radius 3 is 2.16 bits per heavy atom. The lowest BCUT2D eigenvalue weighted by Crippen LogP contribution is -2.30. The first-order valence-electron chi connectivity index (χ1n) is 10.3. The summed E-state index contributed by atoms with van der Waals surface area (Å²) in [4.78, 5) is 71.0. The van der Waals surface area contributed by atoms with E-state index in [1.54, 1.807) is 0 Å². The number of hydrazone groups is 1. The molecule has 0 unspecified atom stereocenters. The Morgan fingerprint density at radius 2 is 1.62 bits per heavy atom. The molecule has 0 aliphatic carbocycles. The number of benzene rings is 2. The lowest BCUT2D eigenvalue weighted by molar-refractivity contribution is -0.115. The molecule has 0 aromatic heterocycles. The quantitative estimate of drug-likeness (QED) is 0.0967. The molecule has 37 heavy (non-hydrogen) atoms. The summed E-state index contributed by atoms with van der Waals surface area (Å²) in [6.45, 7) is 2.30. The third-order valence-corrected chi connectivity index (χ3v) is 4.62. The molecule has 2 aromatic carbocycles. The number of anilines is 4. The van der Waals surface area contributed by atoms with Crippen molar-refractivity contribution in [2.75, 3.05) is 35.6 Å². The summed E-state index contributed by atoms with van der Waals surface area (Å²) in [6.07, 6.45) is 0.381. The van der Waals surface area contributed by atoms with Gasteiger partial charge >= 0.3 is 11.9 Å². The van der Waals surface area contributed by atoms with Crippen LogP contribution in [0.5, 0.6) is 5.75 Å². The first-order valence-corrected chi connectivity index (χ1v) is 10.3. The van der Waals surface area contributed by atoms with Crippen LogP contribution in [0.15, 0.2) is 35.4 Å². The SMILES string of the molecule is COC(=O)c1ccc(C(=O)O)cc1N/N=C(/C(C)=O)C(=O)Nc1cc(NC(C)=O)c(NC=O)cc1OC. The van der Waals surface area contributed by atoms with Crippen molar-refractivity contribution < 1.29 is 43.3 Å². The predicted octanol–water partition coefficient (Wildman–Crippen LogP) is 1.70. The number of ketones is 1. The van der Waals surface area contributed by atoms with E-state index in [9.17, 15) is 33.9 Å². The maximum absolute atomic E-state index is 12.9. The molecule has 0 aliphatic rings. The van der Waals surface area contributed by atoms with Crippen LogP contribution in [-0.4, -0.2) is 61.0 Å². The number of hydrogen-bond donors (Lipinski definition) is 5. The summed E-state index contributed by atoms with van der Waals surface area (Å²) in [5.41, 5.74) is 1.62. The third kappa shape index (κ3) is 7.11. The van der Waals surface area contributed by atoms with Crippen LogP contribution >= 0.6 is 0 Å². The molecular weight excluding hydrogens is 490 g/mol. The number of amides is 3. The minimum absolute atomic E-state index is 0.0183. The van der Waals surface area contributed by atoms with E-state index < -0.39 is 35.2 Å². The van der Waals surface area contributed by atoms with Crippen LogP contribution in [0.4, 0.5) is 22.7 Å². The molecule has 0 aliphatic heterocycles. The number of aromatic carboxylic acids is 1. The van der Waals surface area contributed by atoms with Crippen LogP contribution < -0.4 is 26.1 Å². The van der Waals surface area contributed by atoms with Gasteiger partial charge in [-0.1, -0.05) is 0 Å². The molecule has 0 fully saturated rings. The Hall–Kier alpha value is -5.27. The second-order valence-corrected chi connectivity index (χ2v) is 7.18. The van der Waals surface area contributed by atoms with Gasteiger partial charge in [0.15, 0.2) is 11.5 Å². The van der Waals surface area contributed by atoms with Crippen LogP contribution in [0.2, 0.25) is 0 Å². The molecule has 194 valence electrons. The van der Waals surface area contributed by atoms with Crippen molar-refractivity contribution in [3.05, 3.63) is 41.5 Å². The zero-order valence-corrected chi connectivity index (χ0v) is 20.1. The minimum atomic E-state index is -1.29. The van der Waals surface area contributed by atoms with Gasteiger partial charge in [0, 0.05) is 19.9 Å². The van der Waals surface area contributed by atoms with E-state index in [0.717, 1.165) is 20.1 Å². The highest BCUT2D eigenvalue weighted by molar-refractivity contribution is 6.67. The van der Waals surface area contributed by atoms with Gasteiger partial charge in [-0.2, -0.15) is 5.10 Å². The minimum Gasteiger partial charge on any atom is -0.494 e. The molecular formula is C23H23N5O9. The zero-order valence-electron chi connectivity index (χ0n) is 20.1. The van der Waals surface area contributed by atoms with Gasteiger partial charge in [-0.05, 0) is 24.3 Å². The number of carbonyl (C=O) groups excluding carboxylic acids is 5. The molecule has 2 rings (SSSR count). The third-order valence-electron chi connectivity index (χ3n) is 4.62. The number of hydrogen-bond acceptors (Lipinski definition) is 10. The first kappa shape index (κ1) is 28.0.